The van der Waals surface area contributed by atoms with Crippen LogP contribution in [-0.4, -0.2) is 45.0 Å². The third-order valence-corrected chi connectivity index (χ3v) is 4.41. The number of halogens is 1. The standard InChI is InChI=1S/C12H16ClN5O2/c13-11-10(18(19)20)12(15-7-14-11)16-8-4-6-17-5-2-1-3-9(8)17/h7-9H,1-6H2,(H,14,15,16). The van der Waals surface area contributed by atoms with Gasteiger partial charge in [-0.3, -0.25) is 15.0 Å². The van der Waals surface area contributed by atoms with Crippen molar-refractivity contribution in [1.82, 2.24) is 14.9 Å². The lowest BCUT2D eigenvalue weighted by Crippen LogP contribution is -2.41. The summed E-state index contributed by atoms with van der Waals surface area (Å²) >= 11 is 5.80. The zero-order valence-corrected chi connectivity index (χ0v) is 11.7. The summed E-state index contributed by atoms with van der Waals surface area (Å²) in [5, 5.41) is 14.2. The molecule has 3 heterocycles. The van der Waals surface area contributed by atoms with E-state index in [2.05, 4.69) is 20.2 Å². The molecule has 0 aliphatic carbocycles. The molecule has 3 rings (SSSR count). The van der Waals surface area contributed by atoms with E-state index in [-0.39, 0.29) is 22.7 Å². The van der Waals surface area contributed by atoms with Crippen molar-refractivity contribution in [2.45, 2.75) is 37.8 Å². The lowest BCUT2D eigenvalue weighted by molar-refractivity contribution is -0.384. The van der Waals surface area contributed by atoms with Crippen LogP contribution in [0.2, 0.25) is 5.15 Å². The first-order chi connectivity index (χ1) is 9.66. The molecule has 2 atom stereocenters. The first-order valence-electron chi connectivity index (χ1n) is 6.82. The average molecular weight is 298 g/mol. The summed E-state index contributed by atoms with van der Waals surface area (Å²) in [6.45, 7) is 2.16. The predicted octanol–water partition coefficient (Wildman–Crippen LogP) is 2.08. The molecule has 0 saturated carbocycles. The summed E-state index contributed by atoms with van der Waals surface area (Å²) in [7, 11) is 0. The van der Waals surface area contributed by atoms with Gasteiger partial charge >= 0.3 is 5.69 Å². The molecule has 0 bridgehead atoms. The van der Waals surface area contributed by atoms with Gasteiger partial charge in [-0.25, -0.2) is 9.97 Å². The van der Waals surface area contributed by atoms with Crippen LogP contribution in [0, 0.1) is 10.1 Å². The molecular weight excluding hydrogens is 282 g/mol. The second kappa shape index (κ2) is 5.49. The van der Waals surface area contributed by atoms with Crippen LogP contribution in [0.4, 0.5) is 11.5 Å². The topological polar surface area (TPSA) is 84.2 Å². The molecule has 2 unspecified atom stereocenters. The Bertz CT molecular complexity index is 527. The van der Waals surface area contributed by atoms with Crippen molar-refractivity contribution < 1.29 is 4.92 Å². The van der Waals surface area contributed by atoms with E-state index in [9.17, 15) is 10.1 Å². The molecular formula is C12H16ClN5O2. The Hall–Kier alpha value is -1.47. The maximum absolute atomic E-state index is 11.1. The van der Waals surface area contributed by atoms with Crippen molar-refractivity contribution >= 4 is 23.1 Å². The molecule has 1 aromatic rings. The SMILES string of the molecule is O=[N+]([O-])c1c(Cl)ncnc1NC1CCN2CCCCC12. The zero-order chi connectivity index (χ0) is 14.1. The van der Waals surface area contributed by atoms with Crippen LogP contribution in [0.15, 0.2) is 6.33 Å². The van der Waals surface area contributed by atoms with E-state index in [1.54, 1.807) is 0 Å². The highest BCUT2D eigenvalue weighted by atomic mass is 35.5. The van der Waals surface area contributed by atoms with Gasteiger partial charge in [0.2, 0.25) is 11.0 Å². The Balaban J connectivity index is 1.81. The van der Waals surface area contributed by atoms with E-state index in [4.69, 9.17) is 11.6 Å². The summed E-state index contributed by atoms with van der Waals surface area (Å²) in [6, 6.07) is 0.636. The van der Waals surface area contributed by atoms with Gasteiger partial charge in [-0.15, -0.1) is 0 Å². The number of rotatable bonds is 3. The van der Waals surface area contributed by atoms with Crippen LogP contribution in [-0.2, 0) is 0 Å². The van der Waals surface area contributed by atoms with E-state index >= 15 is 0 Å². The van der Waals surface area contributed by atoms with E-state index in [0.29, 0.717) is 6.04 Å². The van der Waals surface area contributed by atoms with Gasteiger partial charge in [0.1, 0.15) is 6.33 Å². The Morgan fingerprint density at radius 1 is 1.35 bits per heavy atom. The number of nitrogens with one attached hydrogen (secondary N) is 1. The van der Waals surface area contributed by atoms with Gasteiger partial charge in [-0.05, 0) is 25.8 Å². The van der Waals surface area contributed by atoms with Gasteiger partial charge in [0.15, 0.2) is 0 Å². The van der Waals surface area contributed by atoms with Crippen LogP contribution in [0.1, 0.15) is 25.7 Å². The molecule has 1 N–H and O–H groups in total. The highest BCUT2D eigenvalue weighted by Gasteiger charge is 2.37. The molecule has 2 aliphatic heterocycles. The third kappa shape index (κ3) is 2.43. The molecule has 8 heteroatoms. The van der Waals surface area contributed by atoms with Crippen molar-refractivity contribution in [2.75, 3.05) is 18.4 Å². The zero-order valence-electron chi connectivity index (χ0n) is 11.0. The molecule has 2 saturated heterocycles. The van der Waals surface area contributed by atoms with E-state index in [1.165, 1.54) is 19.2 Å². The quantitative estimate of drug-likeness (QED) is 0.522. The van der Waals surface area contributed by atoms with Crippen LogP contribution in [0.3, 0.4) is 0 Å². The Morgan fingerprint density at radius 2 is 2.20 bits per heavy atom. The predicted molar refractivity (Wildman–Crippen MR) is 74.9 cm³/mol. The van der Waals surface area contributed by atoms with Crippen LogP contribution in [0.25, 0.3) is 0 Å². The first kappa shape index (κ1) is 13.5. The summed E-state index contributed by atoms with van der Waals surface area (Å²) in [5.74, 6) is 0.229. The molecule has 2 fully saturated rings. The minimum absolute atomic E-state index is 0.119. The molecule has 0 amide bonds. The molecule has 0 aromatic carbocycles. The summed E-state index contributed by atoms with van der Waals surface area (Å²) in [5.41, 5.74) is -0.233. The lowest BCUT2D eigenvalue weighted by atomic mass is 9.99. The molecule has 0 radical (unpaired) electrons. The number of hydrogen-bond donors (Lipinski definition) is 1. The number of aromatic nitrogens is 2. The van der Waals surface area contributed by atoms with Gasteiger partial charge in [0, 0.05) is 18.6 Å². The summed E-state index contributed by atoms with van der Waals surface area (Å²) in [4.78, 5) is 20.7. The molecule has 108 valence electrons. The summed E-state index contributed by atoms with van der Waals surface area (Å²) < 4.78 is 0. The van der Waals surface area contributed by atoms with Crippen molar-refractivity contribution in [2.24, 2.45) is 0 Å². The molecule has 7 nitrogen and oxygen atoms in total. The van der Waals surface area contributed by atoms with Crippen molar-refractivity contribution in [3.8, 4) is 0 Å². The molecule has 2 aliphatic rings. The molecule has 20 heavy (non-hydrogen) atoms. The van der Waals surface area contributed by atoms with Gasteiger partial charge in [-0.1, -0.05) is 18.0 Å². The van der Waals surface area contributed by atoms with Gasteiger partial charge < -0.3 is 5.32 Å². The average Bonchev–Trinajstić information content (AvgIpc) is 2.82. The number of hydrogen-bond acceptors (Lipinski definition) is 6. The smallest absolute Gasteiger partial charge is 0.348 e. The van der Waals surface area contributed by atoms with Crippen LogP contribution < -0.4 is 5.32 Å². The maximum Gasteiger partial charge on any atom is 0.348 e. The first-order valence-corrected chi connectivity index (χ1v) is 7.20. The number of piperidine rings is 1. The monoisotopic (exact) mass is 297 g/mol. The van der Waals surface area contributed by atoms with E-state index in [1.807, 2.05) is 0 Å². The third-order valence-electron chi connectivity index (χ3n) is 4.14. The van der Waals surface area contributed by atoms with Crippen molar-refractivity contribution in [1.29, 1.82) is 0 Å². The summed E-state index contributed by atoms with van der Waals surface area (Å²) in [6.07, 6.45) is 5.81. The fourth-order valence-electron chi connectivity index (χ4n) is 3.22. The highest BCUT2D eigenvalue weighted by Crippen LogP contribution is 2.33. The van der Waals surface area contributed by atoms with Gasteiger partial charge in [0.05, 0.1) is 4.92 Å². The number of fused-ring (bicyclic) bond motifs is 1. The Kier molecular flexibility index (Phi) is 3.71. The molecule has 0 spiro atoms. The van der Waals surface area contributed by atoms with Crippen LogP contribution in [0.5, 0.6) is 0 Å². The minimum atomic E-state index is -0.530. The minimum Gasteiger partial charge on any atom is -0.360 e. The normalized spacial score (nSPS) is 26.2. The Morgan fingerprint density at radius 3 is 3.00 bits per heavy atom. The van der Waals surface area contributed by atoms with Gasteiger partial charge in [-0.2, -0.15) is 0 Å². The van der Waals surface area contributed by atoms with Gasteiger partial charge in [0.25, 0.3) is 0 Å². The largest absolute Gasteiger partial charge is 0.360 e. The number of nitrogens with zero attached hydrogens (tertiary/aromatic N) is 4. The second-order valence-electron chi connectivity index (χ2n) is 5.26. The number of anilines is 1. The number of nitro groups is 1. The maximum atomic E-state index is 11.1. The van der Waals surface area contributed by atoms with E-state index < -0.39 is 4.92 Å². The van der Waals surface area contributed by atoms with Crippen molar-refractivity contribution in [3.05, 3.63) is 21.6 Å². The van der Waals surface area contributed by atoms with E-state index in [0.717, 1.165) is 25.9 Å². The fourth-order valence-corrected chi connectivity index (χ4v) is 3.42. The highest BCUT2D eigenvalue weighted by molar-refractivity contribution is 6.31. The lowest BCUT2D eigenvalue weighted by Gasteiger charge is -2.32. The second-order valence-corrected chi connectivity index (χ2v) is 5.62. The Labute approximate surface area is 121 Å². The van der Waals surface area contributed by atoms with Crippen molar-refractivity contribution in [3.63, 3.8) is 0 Å². The van der Waals surface area contributed by atoms with Crippen LogP contribution >= 0.6 is 11.6 Å². The molecule has 1 aromatic heterocycles. The fraction of sp³-hybridized carbons (Fsp3) is 0.667.